The van der Waals surface area contributed by atoms with Gasteiger partial charge in [-0.15, -0.1) is 0 Å². The summed E-state index contributed by atoms with van der Waals surface area (Å²) < 4.78 is 5.35. The Morgan fingerprint density at radius 1 is 1.53 bits per heavy atom. The molecule has 0 bridgehead atoms. The summed E-state index contributed by atoms with van der Waals surface area (Å²) in [6.45, 7) is 11.4. The Morgan fingerprint density at radius 3 is 2.89 bits per heavy atom. The first kappa shape index (κ1) is 14.5. The molecule has 0 aromatic carbocycles. The van der Waals surface area contributed by atoms with Crippen molar-refractivity contribution in [1.82, 2.24) is 10.1 Å². The Bertz CT molecular complexity index is 412. The van der Waals surface area contributed by atoms with Crippen molar-refractivity contribution < 1.29 is 9.63 Å². The van der Waals surface area contributed by atoms with Crippen LogP contribution >= 0.6 is 0 Å². The quantitative estimate of drug-likeness (QED) is 0.914. The van der Waals surface area contributed by atoms with Crippen molar-refractivity contribution in [1.29, 1.82) is 0 Å². The second-order valence-corrected chi connectivity index (χ2v) is 6.90. The Hall–Kier alpha value is -0.870. The standard InChI is InChI=1S/C15H26N2O2/c1-11(2)14-7-12(16-19-14)9-17-6-5-13(18)8-15(3,4)10-17/h7,11,13,18H,5-6,8-10H2,1-4H3. The summed E-state index contributed by atoms with van der Waals surface area (Å²) in [5, 5.41) is 14.1. The maximum atomic E-state index is 9.92. The van der Waals surface area contributed by atoms with E-state index < -0.39 is 0 Å². The van der Waals surface area contributed by atoms with E-state index in [9.17, 15) is 5.11 Å². The smallest absolute Gasteiger partial charge is 0.139 e. The normalized spacial score (nSPS) is 24.6. The van der Waals surface area contributed by atoms with Gasteiger partial charge in [0, 0.05) is 31.6 Å². The minimum absolute atomic E-state index is 0.153. The van der Waals surface area contributed by atoms with Crippen molar-refractivity contribution in [2.24, 2.45) is 5.41 Å². The van der Waals surface area contributed by atoms with Crippen LogP contribution in [0.25, 0.3) is 0 Å². The van der Waals surface area contributed by atoms with Gasteiger partial charge in [0.1, 0.15) is 5.76 Å². The van der Waals surface area contributed by atoms with E-state index >= 15 is 0 Å². The number of likely N-dealkylation sites (tertiary alicyclic amines) is 1. The molecule has 2 heterocycles. The fourth-order valence-corrected chi connectivity index (χ4v) is 2.86. The number of hydrogen-bond acceptors (Lipinski definition) is 4. The van der Waals surface area contributed by atoms with Crippen LogP contribution in [0, 0.1) is 5.41 Å². The number of aliphatic hydroxyl groups excluding tert-OH is 1. The molecule has 4 nitrogen and oxygen atoms in total. The minimum atomic E-state index is -0.177. The van der Waals surface area contributed by atoms with E-state index in [1.165, 1.54) is 0 Å². The number of rotatable bonds is 3. The van der Waals surface area contributed by atoms with E-state index in [4.69, 9.17) is 4.52 Å². The molecule has 108 valence electrons. The Labute approximate surface area is 115 Å². The third-order valence-corrected chi connectivity index (χ3v) is 3.75. The van der Waals surface area contributed by atoms with Crippen LogP contribution in [-0.4, -0.2) is 34.4 Å². The van der Waals surface area contributed by atoms with Crippen molar-refractivity contribution in [3.63, 3.8) is 0 Å². The average Bonchev–Trinajstić information content (AvgIpc) is 2.68. The molecule has 1 aromatic rings. The molecule has 1 fully saturated rings. The minimum Gasteiger partial charge on any atom is -0.393 e. The molecule has 19 heavy (non-hydrogen) atoms. The van der Waals surface area contributed by atoms with E-state index in [2.05, 4.69) is 43.8 Å². The monoisotopic (exact) mass is 266 g/mol. The summed E-state index contributed by atoms with van der Waals surface area (Å²) in [5.74, 6) is 1.33. The predicted molar refractivity (Wildman–Crippen MR) is 74.9 cm³/mol. The molecule has 1 aromatic heterocycles. The number of aliphatic hydroxyl groups is 1. The second-order valence-electron chi connectivity index (χ2n) is 6.90. The van der Waals surface area contributed by atoms with Gasteiger partial charge in [-0.25, -0.2) is 0 Å². The van der Waals surface area contributed by atoms with Gasteiger partial charge < -0.3 is 9.63 Å². The van der Waals surface area contributed by atoms with Crippen LogP contribution in [0.1, 0.15) is 57.9 Å². The SMILES string of the molecule is CC(C)c1cc(CN2CCC(O)CC(C)(C)C2)no1. The van der Waals surface area contributed by atoms with E-state index in [1.54, 1.807) is 0 Å². The molecule has 0 spiro atoms. The van der Waals surface area contributed by atoms with Gasteiger partial charge in [-0.2, -0.15) is 0 Å². The molecular formula is C15H26N2O2. The number of aromatic nitrogens is 1. The molecule has 1 N–H and O–H groups in total. The molecule has 1 aliphatic heterocycles. The highest BCUT2D eigenvalue weighted by atomic mass is 16.5. The van der Waals surface area contributed by atoms with E-state index in [-0.39, 0.29) is 11.5 Å². The molecular weight excluding hydrogens is 240 g/mol. The van der Waals surface area contributed by atoms with E-state index in [1.807, 2.05) is 0 Å². The third kappa shape index (κ3) is 4.05. The van der Waals surface area contributed by atoms with Gasteiger partial charge in [-0.05, 0) is 18.3 Å². The van der Waals surface area contributed by atoms with Crippen molar-refractivity contribution in [3.8, 4) is 0 Å². The Kier molecular flexibility index (Phi) is 4.31. The fourth-order valence-electron chi connectivity index (χ4n) is 2.86. The zero-order chi connectivity index (χ0) is 14.0. The first-order valence-corrected chi connectivity index (χ1v) is 7.22. The lowest BCUT2D eigenvalue weighted by Crippen LogP contribution is -2.32. The number of nitrogens with zero attached hydrogens (tertiary/aromatic N) is 2. The summed E-state index contributed by atoms with van der Waals surface area (Å²) in [6.07, 6.45) is 1.54. The molecule has 1 atom stereocenters. The molecule has 0 amide bonds. The lowest BCUT2D eigenvalue weighted by Gasteiger charge is -2.29. The van der Waals surface area contributed by atoms with Crippen LogP contribution in [0.5, 0.6) is 0 Å². The van der Waals surface area contributed by atoms with Gasteiger partial charge in [-0.3, -0.25) is 4.90 Å². The van der Waals surface area contributed by atoms with Crippen LogP contribution in [-0.2, 0) is 6.54 Å². The van der Waals surface area contributed by atoms with Crippen molar-refractivity contribution >= 4 is 0 Å². The summed E-state index contributed by atoms with van der Waals surface area (Å²) in [7, 11) is 0. The molecule has 1 unspecified atom stereocenters. The van der Waals surface area contributed by atoms with Gasteiger partial charge in [0.15, 0.2) is 0 Å². The van der Waals surface area contributed by atoms with Crippen LogP contribution in [0.4, 0.5) is 0 Å². The first-order chi connectivity index (χ1) is 8.85. The third-order valence-electron chi connectivity index (χ3n) is 3.75. The largest absolute Gasteiger partial charge is 0.393 e. The zero-order valence-corrected chi connectivity index (χ0v) is 12.5. The topological polar surface area (TPSA) is 49.5 Å². The fraction of sp³-hybridized carbons (Fsp3) is 0.800. The van der Waals surface area contributed by atoms with Crippen LogP contribution in [0.3, 0.4) is 0 Å². The molecule has 1 saturated heterocycles. The highest BCUT2D eigenvalue weighted by Crippen LogP contribution is 2.29. The van der Waals surface area contributed by atoms with Crippen molar-refractivity contribution in [2.45, 2.75) is 59.1 Å². The van der Waals surface area contributed by atoms with Crippen molar-refractivity contribution in [2.75, 3.05) is 13.1 Å². The van der Waals surface area contributed by atoms with Crippen molar-refractivity contribution in [3.05, 3.63) is 17.5 Å². The lowest BCUT2D eigenvalue weighted by molar-refractivity contribution is 0.121. The van der Waals surface area contributed by atoms with Crippen LogP contribution in [0.2, 0.25) is 0 Å². The average molecular weight is 266 g/mol. The first-order valence-electron chi connectivity index (χ1n) is 7.22. The van der Waals surface area contributed by atoms with Crippen LogP contribution < -0.4 is 0 Å². The second kappa shape index (κ2) is 5.63. The van der Waals surface area contributed by atoms with Gasteiger partial charge >= 0.3 is 0 Å². The lowest BCUT2D eigenvalue weighted by atomic mass is 9.87. The molecule has 1 aliphatic rings. The van der Waals surface area contributed by atoms with Gasteiger partial charge in [-0.1, -0.05) is 32.9 Å². The summed E-state index contributed by atoms with van der Waals surface area (Å²) in [5.41, 5.74) is 1.15. The zero-order valence-electron chi connectivity index (χ0n) is 12.5. The Morgan fingerprint density at radius 2 is 2.26 bits per heavy atom. The predicted octanol–water partition coefficient (Wildman–Crippen LogP) is 2.78. The highest BCUT2D eigenvalue weighted by molar-refractivity contribution is 5.08. The van der Waals surface area contributed by atoms with Gasteiger partial charge in [0.2, 0.25) is 0 Å². The van der Waals surface area contributed by atoms with Gasteiger partial charge in [0.25, 0.3) is 0 Å². The molecule has 4 heteroatoms. The molecule has 0 aliphatic carbocycles. The summed E-state index contributed by atoms with van der Waals surface area (Å²) >= 11 is 0. The summed E-state index contributed by atoms with van der Waals surface area (Å²) in [6, 6.07) is 2.05. The molecule has 2 rings (SSSR count). The summed E-state index contributed by atoms with van der Waals surface area (Å²) in [4.78, 5) is 2.37. The molecule has 0 radical (unpaired) electrons. The van der Waals surface area contributed by atoms with E-state index in [0.717, 1.165) is 43.9 Å². The maximum Gasteiger partial charge on any atom is 0.139 e. The van der Waals surface area contributed by atoms with E-state index in [0.29, 0.717) is 5.92 Å². The highest BCUT2D eigenvalue weighted by Gasteiger charge is 2.29. The van der Waals surface area contributed by atoms with Gasteiger partial charge in [0.05, 0.1) is 11.8 Å². The maximum absolute atomic E-state index is 9.92. The number of hydrogen-bond donors (Lipinski definition) is 1. The molecule has 0 saturated carbocycles. The van der Waals surface area contributed by atoms with Crippen LogP contribution in [0.15, 0.2) is 10.6 Å². The Balaban J connectivity index is 2.01.